The number of hydrogen-bond acceptors (Lipinski definition) is 3. The predicted molar refractivity (Wildman–Crippen MR) is 72.7 cm³/mol. The quantitative estimate of drug-likeness (QED) is 0.862. The Balaban J connectivity index is 2.10. The first kappa shape index (κ1) is 13.4. The van der Waals surface area contributed by atoms with Crippen LogP contribution in [-0.2, 0) is 0 Å². The highest BCUT2D eigenvalue weighted by Gasteiger charge is 2.32. The summed E-state index contributed by atoms with van der Waals surface area (Å²) in [6.45, 7) is 4.35. The second-order valence-electron chi connectivity index (χ2n) is 5.55. The molecule has 0 saturated heterocycles. The predicted octanol–water partition coefficient (Wildman–Crippen LogP) is 2.70. The fourth-order valence-corrected chi connectivity index (χ4v) is 2.53. The van der Waals surface area contributed by atoms with Crippen molar-refractivity contribution >= 4 is 0 Å². The second kappa shape index (κ2) is 5.29. The summed E-state index contributed by atoms with van der Waals surface area (Å²) in [5, 5.41) is 10.3. The second-order valence-corrected chi connectivity index (χ2v) is 5.55. The van der Waals surface area contributed by atoms with E-state index in [4.69, 9.17) is 10.5 Å². The van der Waals surface area contributed by atoms with Gasteiger partial charge in [-0.3, -0.25) is 0 Å². The van der Waals surface area contributed by atoms with Gasteiger partial charge in [0.25, 0.3) is 0 Å². The monoisotopic (exact) mass is 249 g/mol. The molecule has 0 heterocycles. The number of aliphatic hydroxyl groups is 1. The van der Waals surface area contributed by atoms with E-state index in [0.29, 0.717) is 6.61 Å². The Morgan fingerprint density at radius 3 is 2.67 bits per heavy atom. The maximum atomic E-state index is 10.3. The van der Waals surface area contributed by atoms with Gasteiger partial charge in [0.15, 0.2) is 0 Å². The summed E-state index contributed by atoms with van der Waals surface area (Å²) < 4.78 is 5.84. The van der Waals surface area contributed by atoms with E-state index in [9.17, 15) is 5.11 Å². The van der Waals surface area contributed by atoms with Crippen LogP contribution >= 0.6 is 0 Å². The summed E-state index contributed by atoms with van der Waals surface area (Å²) in [5.74, 6) is 0.810. The number of rotatable bonds is 4. The smallest absolute Gasteiger partial charge is 0.124 e. The van der Waals surface area contributed by atoms with E-state index in [1.165, 1.54) is 0 Å². The highest BCUT2D eigenvalue weighted by atomic mass is 16.5. The molecule has 1 aliphatic carbocycles. The van der Waals surface area contributed by atoms with E-state index in [0.717, 1.165) is 42.6 Å². The largest absolute Gasteiger partial charge is 0.490 e. The number of hydrogen-bond donors (Lipinski definition) is 2. The maximum Gasteiger partial charge on any atom is 0.124 e. The maximum absolute atomic E-state index is 10.3. The van der Waals surface area contributed by atoms with Crippen molar-refractivity contribution in [1.29, 1.82) is 0 Å². The topological polar surface area (TPSA) is 55.5 Å². The third kappa shape index (κ3) is 3.03. The van der Waals surface area contributed by atoms with Crippen LogP contribution in [0.2, 0.25) is 0 Å². The van der Waals surface area contributed by atoms with Gasteiger partial charge < -0.3 is 15.6 Å². The van der Waals surface area contributed by atoms with Gasteiger partial charge in [-0.05, 0) is 38.3 Å². The van der Waals surface area contributed by atoms with Gasteiger partial charge in [0.05, 0.1) is 5.60 Å². The van der Waals surface area contributed by atoms with Gasteiger partial charge in [0.1, 0.15) is 12.4 Å². The van der Waals surface area contributed by atoms with Crippen LogP contribution in [0.1, 0.15) is 49.8 Å². The molecule has 1 fully saturated rings. The Hall–Kier alpha value is -1.06. The molecule has 0 spiro atoms. The van der Waals surface area contributed by atoms with Gasteiger partial charge in [0, 0.05) is 11.6 Å². The normalized spacial score (nSPS) is 19.8. The van der Waals surface area contributed by atoms with Crippen molar-refractivity contribution in [2.75, 3.05) is 6.61 Å². The molecule has 0 bridgehead atoms. The van der Waals surface area contributed by atoms with Crippen molar-refractivity contribution in [3.8, 4) is 5.75 Å². The number of benzene rings is 1. The highest BCUT2D eigenvalue weighted by Crippen LogP contribution is 2.32. The van der Waals surface area contributed by atoms with Crippen LogP contribution in [0.4, 0.5) is 0 Å². The number of ether oxygens (including phenoxy) is 1. The molecular weight excluding hydrogens is 226 g/mol. The Labute approximate surface area is 109 Å². The van der Waals surface area contributed by atoms with Gasteiger partial charge in [-0.25, -0.2) is 0 Å². The molecule has 1 aromatic rings. The van der Waals surface area contributed by atoms with E-state index >= 15 is 0 Å². The van der Waals surface area contributed by atoms with Gasteiger partial charge >= 0.3 is 0 Å². The van der Waals surface area contributed by atoms with E-state index in [1.807, 2.05) is 32.0 Å². The lowest BCUT2D eigenvalue weighted by Crippen LogP contribution is -2.32. The van der Waals surface area contributed by atoms with E-state index in [-0.39, 0.29) is 6.04 Å². The summed E-state index contributed by atoms with van der Waals surface area (Å²) >= 11 is 0. The van der Waals surface area contributed by atoms with Crippen molar-refractivity contribution in [2.45, 2.75) is 51.2 Å². The molecule has 0 aromatic heterocycles. The van der Waals surface area contributed by atoms with Crippen LogP contribution in [0.5, 0.6) is 5.75 Å². The third-order valence-electron chi connectivity index (χ3n) is 3.69. The van der Waals surface area contributed by atoms with Crippen molar-refractivity contribution in [3.05, 3.63) is 29.3 Å². The molecule has 3 heteroatoms. The van der Waals surface area contributed by atoms with Crippen molar-refractivity contribution < 1.29 is 9.84 Å². The summed E-state index contributed by atoms with van der Waals surface area (Å²) in [5.41, 5.74) is 7.45. The lowest BCUT2D eigenvalue weighted by Gasteiger charge is -2.24. The SMILES string of the molecule is Cc1ccc([C@H](C)N)c(OCC2(O)CCCC2)c1. The van der Waals surface area contributed by atoms with E-state index in [1.54, 1.807) is 0 Å². The summed E-state index contributed by atoms with van der Waals surface area (Å²) in [4.78, 5) is 0. The highest BCUT2D eigenvalue weighted by molar-refractivity contribution is 5.39. The van der Waals surface area contributed by atoms with Crippen LogP contribution < -0.4 is 10.5 Å². The zero-order valence-corrected chi connectivity index (χ0v) is 11.3. The number of aryl methyl sites for hydroxylation is 1. The summed E-state index contributed by atoms with van der Waals surface area (Å²) in [6.07, 6.45) is 3.86. The van der Waals surface area contributed by atoms with Crippen LogP contribution in [-0.4, -0.2) is 17.3 Å². The van der Waals surface area contributed by atoms with Crippen molar-refractivity contribution in [2.24, 2.45) is 5.73 Å². The molecule has 100 valence electrons. The zero-order valence-electron chi connectivity index (χ0n) is 11.3. The standard InChI is InChI=1S/C15H23NO2/c1-11-5-6-13(12(2)16)14(9-11)18-10-15(17)7-3-4-8-15/h5-6,9,12,17H,3-4,7-8,10,16H2,1-2H3/t12-/m0/s1. The summed E-state index contributed by atoms with van der Waals surface area (Å²) in [6, 6.07) is 5.99. The van der Waals surface area contributed by atoms with Crippen LogP contribution in [0.25, 0.3) is 0 Å². The van der Waals surface area contributed by atoms with Crippen molar-refractivity contribution in [1.82, 2.24) is 0 Å². The third-order valence-corrected chi connectivity index (χ3v) is 3.69. The molecule has 1 aromatic carbocycles. The lowest BCUT2D eigenvalue weighted by molar-refractivity contribution is 0.00104. The molecule has 1 saturated carbocycles. The first-order valence-corrected chi connectivity index (χ1v) is 6.71. The fourth-order valence-electron chi connectivity index (χ4n) is 2.53. The lowest BCUT2D eigenvalue weighted by atomic mass is 10.0. The Morgan fingerprint density at radius 1 is 1.39 bits per heavy atom. The first-order chi connectivity index (χ1) is 8.50. The van der Waals surface area contributed by atoms with Crippen LogP contribution in [0, 0.1) is 6.92 Å². The van der Waals surface area contributed by atoms with E-state index < -0.39 is 5.60 Å². The van der Waals surface area contributed by atoms with Crippen LogP contribution in [0.3, 0.4) is 0 Å². The minimum absolute atomic E-state index is 0.0566. The Kier molecular flexibility index (Phi) is 3.93. The molecule has 0 amide bonds. The molecule has 0 unspecified atom stereocenters. The molecule has 18 heavy (non-hydrogen) atoms. The van der Waals surface area contributed by atoms with Crippen LogP contribution in [0.15, 0.2) is 18.2 Å². The van der Waals surface area contributed by atoms with E-state index in [2.05, 4.69) is 0 Å². The molecule has 0 radical (unpaired) electrons. The Morgan fingerprint density at radius 2 is 2.06 bits per heavy atom. The average molecular weight is 249 g/mol. The molecule has 1 aliphatic rings. The minimum Gasteiger partial charge on any atom is -0.490 e. The Bertz CT molecular complexity index is 409. The van der Waals surface area contributed by atoms with Crippen molar-refractivity contribution in [3.63, 3.8) is 0 Å². The zero-order chi connectivity index (χ0) is 13.2. The average Bonchev–Trinajstić information content (AvgIpc) is 2.74. The first-order valence-electron chi connectivity index (χ1n) is 6.71. The molecule has 3 nitrogen and oxygen atoms in total. The minimum atomic E-state index is -0.640. The molecule has 1 atom stereocenters. The molecular formula is C15H23NO2. The molecule has 2 rings (SSSR count). The van der Waals surface area contributed by atoms with Gasteiger partial charge in [-0.15, -0.1) is 0 Å². The number of nitrogens with two attached hydrogens (primary N) is 1. The molecule has 3 N–H and O–H groups in total. The summed E-state index contributed by atoms with van der Waals surface area (Å²) in [7, 11) is 0. The van der Waals surface area contributed by atoms with Gasteiger partial charge in [0.2, 0.25) is 0 Å². The van der Waals surface area contributed by atoms with Gasteiger partial charge in [-0.2, -0.15) is 0 Å². The van der Waals surface area contributed by atoms with Gasteiger partial charge in [-0.1, -0.05) is 25.0 Å². The fraction of sp³-hybridized carbons (Fsp3) is 0.600. The molecule has 0 aliphatic heterocycles.